The minimum absolute atomic E-state index is 0.115. The zero-order chi connectivity index (χ0) is 17.5. The second-order valence-corrected chi connectivity index (χ2v) is 8.38. The Morgan fingerprint density at radius 3 is 2.75 bits per heavy atom. The average molecular weight is 335 g/mol. The Kier molecular flexibility index (Phi) is 4.32. The molecular formula is C17H29N5O2. The standard InChI is InChI=1S/C17H29N5O2/c1-16(2,3)14-20-11(22-24-14)9-19-15(18-6)21-12-10-7-8-23-13(10)17(12,4)5/h10,12-13H,7-9H2,1-6H3,(H2,18,19,21). The summed E-state index contributed by atoms with van der Waals surface area (Å²) in [5.74, 6) is 2.61. The van der Waals surface area contributed by atoms with Crippen LogP contribution in [0.2, 0.25) is 0 Å². The third-order valence-electron chi connectivity index (χ3n) is 5.14. The number of nitrogens with zero attached hydrogens (tertiary/aromatic N) is 3. The summed E-state index contributed by atoms with van der Waals surface area (Å²) >= 11 is 0. The lowest BCUT2D eigenvalue weighted by Crippen LogP contribution is -2.67. The highest BCUT2D eigenvalue weighted by Gasteiger charge is 2.59. The van der Waals surface area contributed by atoms with Crippen LogP contribution in [0.15, 0.2) is 9.52 Å². The van der Waals surface area contributed by atoms with Gasteiger partial charge in [0.1, 0.15) is 0 Å². The van der Waals surface area contributed by atoms with Crippen molar-refractivity contribution in [3.05, 3.63) is 11.7 Å². The summed E-state index contributed by atoms with van der Waals surface area (Å²) in [6, 6.07) is 0.367. The van der Waals surface area contributed by atoms with Crippen molar-refractivity contribution in [1.29, 1.82) is 0 Å². The Bertz CT molecular complexity index is 617. The summed E-state index contributed by atoms with van der Waals surface area (Å²) in [5, 5.41) is 10.9. The van der Waals surface area contributed by atoms with Crippen molar-refractivity contribution in [3.8, 4) is 0 Å². The second-order valence-electron chi connectivity index (χ2n) is 8.38. The highest BCUT2D eigenvalue weighted by atomic mass is 16.5. The fourth-order valence-corrected chi connectivity index (χ4v) is 3.75. The van der Waals surface area contributed by atoms with Gasteiger partial charge in [-0.15, -0.1) is 0 Å². The maximum absolute atomic E-state index is 5.84. The summed E-state index contributed by atoms with van der Waals surface area (Å²) in [7, 11) is 1.78. The van der Waals surface area contributed by atoms with E-state index in [1.807, 2.05) is 0 Å². The second kappa shape index (κ2) is 6.02. The molecule has 7 heteroatoms. The lowest BCUT2D eigenvalue weighted by atomic mass is 9.57. The maximum Gasteiger partial charge on any atom is 0.232 e. The summed E-state index contributed by atoms with van der Waals surface area (Å²) in [4.78, 5) is 8.77. The molecule has 134 valence electrons. The number of aliphatic imine (C=N–C) groups is 1. The van der Waals surface area contributed by atoms with Crippen molar-refractivity contribution in [2.75, 3.05) is 13.7 Å². The monoisotopic (exact) mass is 335 g/mol. The van der Waals surface area contributed by atoms with Crippen molar-refractivity contribution in [2.24, 2.45) is 16.3 Å². The molecule has 2 fully saturated rings. The zero-order valence-corrected chi connectivity index (χ0v) is 15.5. The van der Waals surface area contributed by atoms with Crippen LogP contribution in [0.25, 0.3) is 0 Å². The molecule has 3 unspecified atom stereocenters. The number of guanidine groups is 1. The van der Waals surface area contributed by atoms with Crippen LogP contribution in [-0.2, 0) is 16.7 Å². The van der Waals surface area contributed by atoms with Gasteiger partial charge in [0.25, 0.3) is 0 Å². The third-order valence-corrected chi connectivity index (χ3v) is 5.14. The van der Waals surface area contributed by atoms with Gasteiger partial charge < -0.3 is 19.9 Å². The Labute approximate surface area is 143 Å². The van der Waals surface area contributed by atoms with Gasteiger partial charge in [-0.1, -0.05) is 39.8 Å². The van der Waals surface area contributed by atoms with Crippen LogP contribution in [0.5, 0.6) is 0 Å². The molecule has 2 N–H and O–H groups in total. The van der Waals surface area contributed by atoms with E-state index >= 15 is 0 Å². The number of rotatable bonds is 3. The van der Waals surface area contributed by atoms with E-state index in [1.165, 1.54) is 0 Å². The topological polar surface area (TPSA) is 84.6 Å². The van der Waals surface area contributed by atoms with Crippen LogP contribution in [0, 0.1) is 11.3 Å². The van der Waals surface area contributed by atoms with E-state index in [1.54, 1.807) is 7.05 Å². The molecule has 1 aromatic heterocycles. The van der Waals surface area contributed by atoms with Crippen LogP contribution in [0.1, 0.15) is 52.8 Å². The van der Waals surface area contributed by atoms with Crippen LogP contribution < -0.4 is 10.6 Å². The summed E-state index contributed by atoms with van der Waals surface area (Å²) < 4.78 is 11.2. The van der Waals surface area contributed by atoms with E-state index in [0.29, 0.717) is 36.3 Å². The summed E-state index contributed by atoms with van der Waals surface area (Å²) in [6.45, 7) is 12.0. The first-order valence-corrected chi connectivity index (χ1v) is 8.65. The molecule has 3 atom stereocenters. The van der Waals surface area contributed by atoms with Crippen LogP contribution in [0.3, 0.4) is 0 Å². The summed E-state index contributed by atoms with van der Waals surface area (Å²) in [6.07, 6.45) is 1.47. The average Bonchev–Trinajstić information content (AvgIpc) is 3.14. The Morgan fingerprint density at radius 2 is 2.12 bits per heavy atom. The van der Waals surface area contributed by atoms with E-state index in [0.717, 1.165) is 19.0 Å². The maximum atomic E-state index is 5.84. The number of aromatic nitrogens is 2. The number of ether oxygens (including phenoxy) is 1. The SMILES string of the molecule is CN=C(NCc1noc(C(C)(C)C)n1)NC1C2CCOC2C1(C)C. The largest absolute Gasteiger partial charge is 0.377 e. The number of fused-ring (bicyclic) bond motifs is 1. The molecule has 2 heterocycles. The predicted molar refractivity (Wildman–Crippen MR) is 91.7 cm³/mol. The third kappa shape index (κ3) is 3.01. The van der Waals surface area contributed by atoms with Crippen molar-refractivity contribution in [2.45, 2.75) is 65.1 Å². The Morgan fingerprint density at radius 1 is 1.38 bits per heavy atom. The molecule has 0 radical (unpaired) electrons. The molecule has 1 saturated carbocycles. The molecule has 7 nitrogen and oxygen atoms in total. The predicted octanol–water partition coefficient (Wildman–Crippen LogP) is 1.85. The van der Waals surface area contributed by atoms with Crippen molar-refractivity contribution in [3.63, 3.8) is 0 Å². The van der Waals surface area contributed by atoms with Crippen LogP contribution >= 0.6 is 0 Å². The van der Waals surface area contributed by atoms with Crippen LogP contribution in [0.4, 0.5) is 0 Å². The van der Waals surface area contributed by atoms with E-state index in [4.69, 9.17) is 9.26 Å². The fourth-order valence-electron chi connectivity index (χ4n) is 3.75. The van der Waals surface area contributed by atoms with E-state index in [2.05, 4.69) is 60.4 Å². The Hall–Kier alpha value is -1.63. The van der Waals surface area contributed by atoms with Gasteiger partial charge >= 0.3 is 0 Å². The molecule has 1 aliphatic heterocycles. The van der Waals surface area contributed by atoms with Gasteiger partial charge in [0.2, 0.25) is 5.89 Å². The van der Waals surface area contributed by atoms with Gasteiger partial charge in [0.15, 0.2) is 11.8 Å². The van der Waals surface area contributed by atoms with Gasteiger partial charge in [-0.25, -0.2) is 0 Å². The molecular weight excluding hydrogens is 306 g/mol. The number of hydrogen-bond acceptors (Lipinski definition) is 5. The van der Waals surface area contributed by atoms with Gasteiger partial charge in [-0.2, -0.15) is 4.98 Å². The molecule has 2 aliphatic rings. The quantitative estimate of drug-likeness (QED) is 0.648. The number of hydrogen-bond donors (Lipinski definition) is 2. The minimum atomic E-state index is -0.140. The van der Waals surface area contributed by atoms with Gasteiger partial charge in [0.05, 0.1) is 12.6 Å². The lowest BCUT2D eigenvalue weighted by Gasteiger charge is -2.54. The van der Waals surface area contributed by atoms with Crippen molar-refractivity contribution < 1.29 is 9.26 Å². The first-order chi connectivity index (χ1) is 11.2. The molecule has 1 aromatic rings. The molecule has 0 aromatic carbocycles. The normalized spacial score (nSPS) is 29.1. The number of nitrogens with one attached hydrogen (secondary N) is 2. The molecule has 1 aliphatic carbocycles. The lowest BCUT2D eigenvalue weighted by molar-refractivity contribution is -0.106. The zero-order valence-electron chi connectivity index (χ0n) is 15.5. The van der Waals surface area contributed by atoms with E-state index in [-0.39, 0.29) is 10.8 Å². The molecule has 1 saturated heterocycles. The van der Waals surface area contributed by atoms with Gasteiger partial charge in [-0.3, -0.25) is 4.99 Å². The van der Waals surface area contributed by atoms with Crippen LogP contribution in [-0.4, -0.2) is 41.9 Å². The Balaban J connectivity index is 1.57. The highest BCUT2D eigenvalue weighted by molar-refractivity contribution is 5.80. The highest BCUT2D eigenvalue weighted by Crippen LogP contribution is 2.52. The minimum Gasteiger partial charge on any atom is -0.377 e. The summed E-state index contributed by atoms with van der Waals surface area (Å²) in [5.41, 5.74) is -0.0249. The van der Waals surface area contributed by atoms with Crippen molar-refractivity contribution in [1.82, 2.24) is 20.8 Å². The van der Waals surface area contributed by atoms with E-state index in [9.17, 15) is 0 Å². The molecule has 24 heavy (non-hydrogen) atoms. The van der Waals surface area contributed by atoms with E-state index < -0.39 is 0 Å². The first-order valence-electron chi connectivity index (χ1n) is 8.65. The fraction of sp³-hybridized carbons (Fsp3) is 0.824. The molecule has 0 bridgehead atoms. The van der Waals surface area contributed by atoms with Crippen molar-refractivity contribution >= 4 is 5.96 Å². The van der Waals surface area contributed by atoms with Gasteiger partial charge in [0, 0.05) is 36.4 Å². The smallest absolute Gasteiger partial charge is 0.232 e. The molecule has 3 rings (SSSR count). The molecule has 0 spiro atoms. The molecule has 0 amide bonds. The first kappa shape index (κ1) is 17.2. The van der Waals surface area contributed by atoms with Gasteiger partial charge in [-0.05, 0) is 6.42 Å².